The van der Waals surface area contributed by atoms with Crippen molar-refractivity contribution in [3.63, 3.8) is 0 Å². The topological polar surface area (TPSA) is 32.8 Å². The number of hydrogen-bond donors (Lipinski definition) is 0. The van der Waals surface area contributed by atoms with Crippen molar-refractivity contribution in [3.8, 4) is 20.9 Å². The second kappa shape index (κ2) is 14.9. The van der Waals surface area contributed by atoms with Crippen LogP contribution in [0.2, 0.25) is 0 Å². The molecular formula is C62H53BN2O2S2. The largest absolute Gasteiger partial charge is 0.440 e. The standard InChI is InChI=1S/C62H53BN2O2S2/c1-34-22-26-42(52-30-38-16-11-13-20-50(38)68-52)36(3)57(34)64-46-18-15-19-47-56(46)63(54-44-32-40(61(5,6)7)24-28-48(44)66-59(54)64)55-45-33-41(62(8,9)10)25-29-49(45)67-60(55)65(47)58-35(2)23-27-43(37(58)4)53-31-39-17-12-14-21-51(39)69-53/h11-33H,1-10H3. The summed E-state index contributed by atoms with van der Waals surface area (Å²) in [5.74, 6) is 1.73. The number of rotatable bonds is 4. The van der Waals surface area contributed by atoms with Crippen LogP contribution < -0.4 is 26.2 Å². The first-order valence-electron chi connectivity index (χ1n) is 24.2. The molecule has 0 aliphatic carbocycles. The van der Waals surface area contributed by atoms with Crippen LogP contribution in [0.3, 0.4) is 0 Å². The molecule has 0 saturated carbocycles. The van der Waals surface area contributed by atoms with E-state index in [0.717, 1.165) is 56.5 Å². The van der Waals surface area contributed by atoms with E-state index in [1.54, 1.807) is 0 Å². The van der Waals surface area contributed by atoms with Crippen LogP contribution in [0.1, 0.15) is 74.9 Å². The zero-order valence-corrected chi connectivity index (χ0v) is 42.5. The van der Waals surface area contributed by atoms with Gasteiger partial charge in [0.15, 0.2) is 0 Å². The SMILES string of the molecule is Cc1ccc(-c2cc3ccccc3s2)c(C)c1N1c2cccc3c2B(c2c1oc1ccc(C(C)(C)C)cc21)c1c(oc2ccc(C(C)(C)C)cc12)N3c1c(C)ccc(-c2cc3ccccc3s2)c1C. The van der Waals surface area contributed by atoms with E-state index in [-0.39, 0.29) is 17.5 Å². The zero-order valence-electron chi connectivity index (χ0n) is 40.9. The van der Waals surface area contributed by atoms with E-state index in [0.29, 0.717) is 0 Å². The molecule has 4 nitrogen and oxygen atoms in total. The average molecular weight is 933 g/mol. The maximum atomic E-state index is 7.39. The summed E-state index contributed by atoms with van der Waals surface area (Å²) in [5.41, 5.74) is 19.6. The molecule has 7 aromatic carbocycles. The molecule has 6 heterocycles. The number of hydrogen-bond acceptors (Lipinski definition) is 6. The Labute approximate surface area is 412 Å². The fourth-order valence-corrected chi connectivity index (χ4v) is 13.8. The zero-order chi connectivity index (χ0) is 47.4. The maximum absolute atomic E-state index is 7.39. The summed E-state index contributed by atoms with van der Waals surface area (Å²) in [6.45, 7) is 22.7. The van der Waals surface area contributed by atoms with Gasteiger partial charge in [0.2, 0.25) is 11.8 Å². The normalized spacial score (nSPS) is 13.6. The van der Waals surface area contributed by atoms with Gasteiger partial charge in [0, 0.05) is 52.2 Å². The number of benzene rings is 7. The van der Waals surface area contributed by atoms with Gasteiger partial charge in [-0.25, -0.2) is 0 Å². The summed E-state index contributed by atoms with van der Waals surface area (Å²) in [4.78, 5) is 7.48. The van der Waals surface area contributed by atoms with E-state index in [4.69, 9.17) is 8.83 Å². The van der Waals surface area contributed by atoms with Gasteiger partial charge >= 0.3 is 0 Å². The molecule has 4 aromatic heterocycles. The Kier molecular flexibility index (Phi) is 9.11. The van der Waals surface area contributed by atoms with E-state index in [1.807, 2.05) is 22.7 Å². The monoisotopic (exact) mass is 932 g/mol. The average Bonchev–Trinajstić information content (AvgIpc) is 4.12. The van der Waals surface area contributed by atoms with Crippen LogP contribution in [0.5, 0.6) is 0 Å². The molecule has 13 rings (SSSR count). The lowest BCUT2D eigenvalue weighted by Crippen LogP contribution is -2.61. The number of thiophene rings is 2. The van der Waals surface area contributed by atoms with Crippen LogP contribution in [-0.4, -0.2) is 6.71 Å². The molecule has 0 atom stereocenters. The number of aryl methyl sites for hydroxylation is 2. The van der Waals surface area contributed by atoms with E-state index in [9.17, 15) is 0 Å². The summed E-state index contributed by atoms with van der Waals surface area (Å²) in [7, 11) is 0. The van der Waals surface area contributed by atoms with Gasteiger partial charge in [0.05, 0.1) is 11.4 Å². The molecule has 7 heteroatoms. The van der Waals surface area contributed by atoms with Gasteiger partial charge in [-0.15, -0.1) is 22.7 Å². The second-order valence-electron chi connectivity index (χ2n) is 21.5. The Morgan fingerprint density at radius 2 is 0.884 bits per heavy atom. The quantitative estimate of drug-likeness (QED) is 0.165. The van der Waals surface area contributed by atoms with Gasteiger partial charge in [0.25, 0.3) is 6.71 Å². The van der Waals surface area contributed by atoms with Crippen LogP contribution in [0, 0.1) is 27.7 Å². The smallest absolute Gasteiger partial charge is 0.262 e. The molecular weight excluding hydrogens is 880 g/mol. The highest BCUT2D eigenvalue weighted by molar-refractivity contribution is 7.22. The summed E-state index contributed by atoms with van der Waals surface area (Å²) < 4.78 is 17.4. The minimum Gasteiger partial charge on any atom is -0.440 e. The Hall–Kier alpha value is -6.80. The van der Waals surface area contributed by atoms with Gasteiger partial charge in [-0.1, -0.05) is 120 Å². The van der Waals surface area contributed by atoms with Crippen LogP contribution >= 0.6 is 22.7 Å². The van der Waals surface area contributed by atoms with E-state index in [2.05, 4.69) is 219 Å². The molecule has 0 unspecified atom stereocenters. The van der Waals surface area contributed by atoms with Crippen molar-refractivity contribution in [2.75, 3.05) is 9.80 Å². The highest BCUT2D eigenvalue weighted by Gasteiger charge is 2.49. The molecule has 0 spiro atoms. The molecule has 0 N–H and O–H groups in total. The molecule has 69 heavy (non-hydrogen) atoms. The molecule has 0 saturated heterocycles. The lowest BCUT2D eigenvalue weighted by Gasteiger charge is -2.42. The van der Waals surface area contributed by atoms with Crippen molar-refractivity contribution in [1.29, 1.82) is 0 Å². The van der Waals surface area contributed by atoms with Gasteiger partial charge in [-0.05, 0) is 160 Å². The number of furan rings is 2. The van der Waals surface area contributed by atoms with Crippen molar-refractivity contribution < 1.29 is 8.83 Å². The Balaban J connectivity index is 1.15. The van der Waals surface area contributed by atoms with E-state index >= 15 is 0 Å². The van der Waals surface area contributed by atoms with Gasteiger partial charge in [-0.2, -0.15) is 0 Å². The second-order valence-corrected chi connectivity index (χ2v) is 23.6. The highest BCUT2D eigenvalue weighted by atomic mass is 32.1. The van der Waals surface area contributed by atoms with E-state index in [1.165, 1.54) is 90.8 Å². The fourth-order valence-electron chi connectivity index (χ4n) is 11.5. The summed E-state index contributed by atoms with van der Waals surface area (Å²) in [6, 6.07) is 52.0. The van der Waals surface area contributed by atoms with Crippen LogP contribution in [0.4, 0.5) is 34.5 Å². The van der Waals surface area contributed by atoms with Crippen molar-refractivity contribution in [3.05, 3.63) is 173 Å². The summed E-state index contributed by atoms with van der Waals surface area (Å²) >= 11 is 3.72. The van der Waals surface area contributed by atoms with Crippen molar-refractivity contribution in [2.45, 2.75) is 80.1 Å². The molecule has 0 amide bonds. The molecule has 2 aliphatic heterocycles. The molecule has 338 valence electrons. The Bertz CT molecular complexity index is 3640. The molecule has 0 radical (unpaired) electrons. The third-order valence-corrected chi connectivity index (χ3v) is 17.4. The van der Waals surface area contributed by atoms with Crippen LogP contribution in [0.15, 0.2) is 148 Å². The predicted molar refractivity (Wildman–Crippen MR) is 298 cm³/mol. The third-order valence-electron chi connectivity index (χ3n) is 15.1. The Morgan fingerprint density at radius 1 is 0.449 bits per heavy atom. The molecule has 0 fully saturated rings. The van der Waals surface area contributed by atoms with Crippen LogP contribution in [0.25, 0.3) is 63.0 Å². The first-order chi connectivity index (χ1) is 33.1. The minimum atomic E-state index is -0.195. The number of fused-ring (bicyclic) bond motifs is 10. The first-order valence-corrected chi connectivity index (χ1v) is 25.8. The summed E-state index contributed by atoms with van der Waals surface area (Å²) in [5, 5.41) is 4.82. The van der Waals surface area contributed by atoms with Crippen molar-refractivity contribution in [1.82, 2.24) is 0 Å². The molecule has 11 aromatic rings. The van der Waals surface area contributed by atoms with Crippen molar-refractivity contribution in [2.24, 2.45) is 0 Å². The van der Waals surface area contributed by atoms with Gasteiger partial charge in [-0.3, -0.25) is 9.80 Å². The maximum Gasteiger partial charge on any atom is 0.262 e. The minimum absolute atomic E-state index is 0.0749. The Morgan fingerprint density at radius 3 is 1.30 bits per heavy atom. The van der Waals surface area contributed by atoms with Gasteiger partial charge in [0.1, 0.15) is 11.2 Å². The fraction of sp³-hybridized carbons (Fsp3) is 0.194. The molecule has 0 bridgehead atoms. The highest BCUT2D eigenvalue weighted by Crippen LogP contribution is 2.52. The number of nitrogens with zero attached hydrogens (tertiary/aromatic N) is 2. The third kappa shape index (κ3) is 6.25. The predicted octanol–water partition coefficient (Wildman–Crippen LogP) is 16.9. The lowest BCUT2D eigenvalue weighted by atomic mass is 9.33. The van der Waals surface area contributed by atoms with Crippen LogP contribution in [-0.2, 0) is 10.8 Å². The molecule has 2 aliphatic rings. The first kappa shape index (κ1) is 42.3. The summed E-state index contributed by atoms with van der Waals surface area (Å²) in [6.07, 6.45) is 0. The number of anilines is 6. The van der Waals surface area contributed by atoms with Crippen molar-refractivity contribution >= 4 is 122 Å². The van der Waals surface area contributed by atoms with Gasteiger partial charge < -0.3 is 8.83 Å². The lowest BCUT2D eigenvalue weighted by molar-refractivity contribution is 0.589. The van der Waals surface area contributed by atoms with E-state index < -0.39 is 0 Å².